The molecule has 6 nitrogen and oxygen atoms in total. The second-order valence-electron chi connectivity index (χ2n) is 6.22. The van der Waals surface area contributed by atoms with Gasteiger partial charge in [0, 0.05) is 38.0 Å². The summed E-state index contributed by atoms with van der Waals surface area (Å²) in [5.74, 6) is 1.19. The lowest BCUT2D eigenvalue weighted by Gasteiger charge is -2.40. The van der Waals surface area contributed by atoms with E-state index in [2.05, 4.69) is 6.92 Å². The molecular weight excluding hydrogens is 280 g/mol. The van der Waals surface area contributed by atoms with Crippen LogP contribution in [0.4, 0.5) is 0 Å². The summed E-state index contributed by atoms with van der Waals surface area (Å²) in [5, 5.41) is 0. The molecule has 2 heterocycles. The molecule has 3 rings (SSSR count). The zero-order valence-corrected chi connectivity index (χ0v) is 12.6. The summed E-state index contributed by atoms with van der Waals surface area (Å²) in [6.45, 7) is 5.16. The van der Waals surface area contributed by atoms with Crippen LogP contribution in [-0.4, -0.2) is 68.7 Å². The van der Waals surface area contributed by atoms with E-state index in [9.17, 15) is 13.2 Å². The fourth-order valence-electron chi connectivity index (χ4n) is 2.98. The van der Waals surface area contributed by atoms with Crippen molar-refractivity contribution in [3.63, 3.8) is 0 Å². The summed E-state index contributed by atoms with van der Waals surface area (Å²) in [5.41, 5.74) is 0. The van der Waals surface area contributed by atoms with Crippen molar-refractivity contribution in [2.45, 2.75) is 13.3 Å². The second-order valence-corrected chi connectivity index (χ2v) is 8.23. The van der Waals surface area contributed by atoms with Crippen LogP contribution in [0.2, 0.25) is 0 Å². The minimum Gasteiger partial charge on any atom is -0.379 e. The topological polar surface area (TPSA) is 66.9 Å². The van der Waals surface area contributed by atoms with Crippen LogP contribution in [-0.2, 0) is 19.6 Å². The monoisotopic (exact) mass is 302 g/mol. The van der Waals surface area contributed by atoms with Crippen LogP contribution in [0.25, 0.3) is 0 Å². The zero-order valence-electron chi connectivity index (χ0n) is 11.8. The molecular formula is C13H22N2O4S. The molecule has 3 fully saturated rings. The first kappa shape index (κ1) is 14.3. The summed E-state index contributed by atoms with van der Waals surface area (Å²) in [6.07, 6.45) is 0.992. The van der Waals surface area contributed by atoms with Gasteiger partial charge in [-0.15, -0.1) is 0 Å². The van der Waals surface area contributed by atoms with Crippen molar-refractivity contribution in [2.75, 3.05) is 45.1 Å². The Kier molecular flexibility index (Phi) is 3.77. The minimum absolute atomic E-state index is 0.0980. The average Bonchev–Trinajstić information content (AvgIpc) is 3.11. The van der Waals surface area contributed by atoms with Gasteiger partial charge in [-0.1, -0.05) is 6.92 Å². The van der Waals surface area contributed by atoms with E-state index in [0.717, 1.165) is 6.42 Å². The number of carbonyl (C=O) groups excluding carboxylic acids is 1. The number of nitrogens with zero attached hydrogens (tertiary/aromatic N) is 2. The first-order chi connectivity index (χ1) is 9.47. The van der Waals surface area contributed by atoms with Crippen molar-refractivity contribution in [2.24, 2.45) is 17.8 Å². The first-order valence-corrected chi connectivity index (χ1v) is 8.92. The summed E-state index contributed by atoms with van der Waals surface area (Å²) in [6, 6.07) is 0. The van der Waals surface area contributed by atoms with Crippen LogP contribution >= 0.6 is 0 Å². The maximum atomic E-state index is 12.2. The highest BCUT2D eigenvalue weighted by atomic mass is 32.2. The van der Waals surface area contributed by atoms with Crippen LogP contribution in [0.3, 0.4) is 0 Å². The van der Waals surface area contributed by atoms with E-state index in [1.165, 1.54) is 4.31 Å². The molecule has 114 valence electrons. The van der Waals surface area contributed by atoms with E-state index in [0.29, 0.717) is 45.3 Å². The van der Waals surface area contributed by atoms with Crippen molar-refractivity contribution in [1.82, 2.24) is 9.21 Å². The largest absolute Gasteiger partial charge is 0.379 e. The van der Waals surface area contributed by atoms with E-state index < -0.39 is 10.0 Å². The van der Waals surface area contributed by atoms with Crippen molar-refractivity contribution in [1.29, 1.82) is 0 Å². The quantitative estimate of drug-likeness (QED) is 0.719. The fraction of sp³-hybridized carbons (Fsp3) is 0.923. The molecule has 0 N–H and O–H groups in total. The third kappa shape index (κ3) is 2.84. The Labute approximate surface area is 120 Å². The van der Waals surface area contributed by atoms with E-state index in [1.54, 1.807) is 0 Å². The summed E-state index contributed by atoms with van der Waals surface area (Å²) in [7, 11) is -3.19. The highest BCUT2D eigenvalue weighted by Gasteiger charge is 2.45. The lowest BCUT2D eigenvalue weighted by molar-refractivity contribution is -0.138. The second kappa shape index (κ2) is 5.27. The van der Waals surface area contributed by atoms with Crippen molar-refractivity contribution >= 4 is 15.9 Å². The molecule has 0 radical (unpaired) electrons. The van der Waals surface area contributed by atoms with Gasteiger partial charge in [0.2, 0.25) is 15.9 Å². The van der Waals surface area contributed by atoms with Gasteiger partial charge < -0.3 is 9.64 Å². The number of rotatable bonds is 4. The van der Waals surface area contributed by atoms with Gasteiger partial charge in [0.25, 0.3) is 0 Å². The van der Waals surface area contributed by atoms with E-state index in [-0.39, 0.29) is 23.5 Å². The Hall–Kier alpha value is -0.660. The number of likely N-dealkylation sites (tertiary alicyclic amines) is 1. The molecule has 0 unspecified atom stereocenters. The molecule has 0 aromatic carbocycles. The first-order valence-electron chi connectivity index (χ1n) is 7.32. The Bertz CT molecular complexity index is 481. The maximum absolute atomic E-state index is 12.2. The Morgan fingerprint density at radius 2 is 1.85 bits per heavy atom. The van der Waals surface area contributed by atoms with Gasteiger partial charge in [0.15, 0.2) is 0 Å². The molecule has 0 bridgehead atoms. The van der Waals surface area contributed by atoms with Crippen molar-refractivity contribution in [3.8, 4) is 0 Å². The smallest absolute Gasteiger partial charge is 0.225 e. The van der Waals surface area contributed by atoms with Gasteiger partial charge in [-0.25, -0.2) is 8.42 Å². The summed E-state index contributed by atoms with van der Waals surface area (Å²) >= 11 is 0. The van der Waals surface area contributed by atoms with Crippen LogP contribution in [0, 0.1) is 17.8 Å². The van der Waals surface area contributed by atoms with E-state index >= 15 is 0 Å². The molecule has 2 atom stereocenters. The molecule has 1 saturated carbocycles. The van der Waals surface area contributed by atoms with Crippen LogP contribution in [0.1, 0.15) is 13.3 Å². The van der Waals surface area contributed by atoms with Gasteiger partial charge >= 0.3 is 0 Å². The van der Waals surface area contributed by atoms with Gasteiger partial charge in [-0.3, -0.25) is 4.79 Å². The number of amides is 1. The number of carbonyl (C=O) groups is 1. The lowest BCUT2D eigenvalue weighted by Crippen LogP contribution is -2.54. The Balaban J connectivity index is 1.47. The fourth-order valence-corrected chi connectivity index (χ4v) is 4.71. The number of morpholine rings is 1. The van der Waals surface area contributed by atoms with Gasteiger partial charge in [0.1, 0.15) is 0 Å². The molecule has 1 amide bonds. The third-order valence-electron chi connectivity index (χ3n) is 4.51. The standard InChI is InChI=1S/C13H22N2O4S/c1-10-6-12(10)13(16)14-7-11(8-14)9-20(17,18)15-2-4-19-5-3-15/h10-12H,2-9H2,1H3/t10-,12+/m1/s1. The van der Waals surface area contributed by atoms with Gasteiger partial charge in [-0.2, -0.15) is 4.31 Å². The van der Waals surface area contributed by atoms with Crippen LogP contribution in [0.15, 0.2) is 0 Å². The number of ether oxygens (including phenoxy) is 1. The number of hydrogen-bond acceptors (Lipinski definition) is 4. The third-order valence-corrected chi connectivity index (χ3v) is 6.55. The van der Waals surface area contributed by atoms with E-state index in [4.69, 9.17) is 4.74 Å². The van der Waals surface area contributed by atoms with E-state index in [1.807, 2.05) is 4.90 Å². The average molecular weight is 302 g/mol. The summed E-state index contributed by atoms with van der Waals surface area (Å²) < 4.78 is 31.2. The molecule has 0 spiro atoms. The lowest BCUT2D eigenvalue weighted by atomic mass is 10.0. The van der Waals surface area contributed by atoms with Crippen molar-refractivity contribution < 1.29 is 17.9 Å². The highest BCUT2D eigenvalue weighted by Crippen LogP contribution is 2.40. The molecule has 1 aliphatic carbocycles. The summed E-state index contributed by atoms with van der Waals surface area (Å²) in [4.78, 5) is 13.8. The van der Waals surface area contributed by atoms with Crippen molar-refractivity contribution in [3.05, 3.63) is 0 Å². The van der Waals surface area contributed by atoms with Crippen LogP contribution < -0.4 is 0 Å². The SMILES string of the molecule is C[C@@H]1C[C@@H]1C(=O)N1CC(CS(=O)(=O)N2CCOCC2)C1. The number of hydrogen-bond donors (Lipinski definition) is 0. The molecule has 2 saturated heterocycles. The Morgan fingerprint density at radius 1 is 1.25 bits per heavy atom. The normalized spacial score (nSPS) is 31.9. The molecule has 0 aromatic rings. The van der Waals surface area contributed by atoms with Gasteiger partial charge in [-0.05, 0) is 12.3 Å². The predicted octanol–water partition coefficient (Wildman–Crippen LogP) is -0.237. The highest BCUT2D eigenvalue weighted by molar-refractivity contribution is 7.89. The minimum atomic E-state index is -3.19. The molecule has 20 heavy (non-hydrogen) atoms. The predicted molar refractivity (Wildman–Crippen MR) is 73.5 cm³/mol. The van der Waals surface area contributed by atoms with Crippen LogP contribution in [0.5, 0.6) is 0 Å². The molecule has 0 aromatic heterocycles. The van der Waals surface area contributed by atoms with Gasteiger partial charge in [0.05, 0.1) is 19.0 Å². The number of sulfonamides is 1. The zero-order chi connectivity index (χ0) is 14.3. The molecule has 3 aliphatic rings. The Morgan fingerprint density at radius 3 is 2.40 bits per heavy atom. The molecule has 7 heteroatoms. The maximum Gasteiger partial charge on any atom is 0.225 e. The molecule has 2 aliphatic heterocycles.